The van der Waals surface area contributed by atoms with Crippen molar-refractivity contribution in [3.63, 3.8) is 0 Å². The number of hydrogen-bond donors (Lipinski definition) is 2. The molecule has 1 fully saturated rings. The molecule has 1 heterocycles. The summed E-state index contributed by atoms with van der Waals surface area (Å²) < 4.78 is 4.58. The number of ether oxygens (including phenoxy) is 1. The molecule has 1 aromatic carbocycles. The normalized spacial score (nSPS) is 17.1. The zero-order valence-corrected chi connectivity index (χ0v) is 14.0. The van der Waals surface area contributed by atoms with Crippen LogP contribution < -0.4 is 10.6 Å². The first kappa shape index (κ1) is 17.8. The van der Waals surface area contributed by atoms with E-state index in [0.717, 1.165) is 12.8 Å². The Morgan fingerprint density at radius 2 is 2.04 bits per heavy atom. The molecule has 0 unspecified atom stereocenters. The SMILES string of the molecule is CCNC(=O)[C@H]1CCCN(C(=O)c2ccccc2NC(=O)OC)C1. The molecule has 0 bridgehead atoms. The van der Waals surface area contributed by atoms with E-state index in [2.05, 4.69) is 15.4 Å². The Labute approximate surface area is 141 Å². The molecule has 7 heteroatoms. The summed E-state index contributed by atoms with van der Waals surface area (Å²) in [6, 6.07) is 6.77. The van der Waals surface area contributed by atoms with Crippen LogP contribution in [0, 0.1) is 5.92 Å². The molecule has 3 amide bonds. The van der Waals surface area contributed by atoms with Crippen LogP contribution in [0.5, 0.6) is 0 Å². The third-order valence-electron chi connectivity index (χ3n) is 4.01. The van der Waals surface area contributed by atoms with Gasteiger partial charge in [0.05, 0.1) is 24.3 Å². The second kappa shape index (κ2) is 8.33. The van der Waals surface area contributed by atoms with E-state index in [9.17, 15) is 14.4 Å². The van der Waals surface area contributed by atoms with E-state index in [1.54, 1.807) is 29.2 Å². The molecule has 1 atom stereocenters. The van der Waals surface area contributed by atoms with Crippen LogP contribution in [0.2, 0.25) is 0 Å². The van der Waals surface area contributed by atoms with Crippen molar-refractivity contribution in [1.29, 1.82) is 0 Å². The van der Waals surface area contributed by atoms with E-state index in [0.29, 0.717) is 30.9 Å². The largest absolute Gasteiger partial charge is 0.453 e. The standard InChI is InChI=1S/C17H23N3O4/c1-3-18-15(21)12-7-6-10-20(11-12)16(22)13-8-4-5-9-14(13)19-17(23)24-2/h4-5,8-9,12H,3,6-7,10-11H2,1-2H3,(H,18,21)(H,19,23)/t12-/m0/s1. The third kappa shape index (κ3) is 4.24. The molecule has 0 saturated carbocycles. The minimum atomic E-state index is -0.630. The lowest BCUT2D eigenvalue weighted by Crippen LogP contribution is -2.45. The van der Waals surface area contributed by atoms with E-state index in [1.807, 2.05) is 6.92 Å². The van der Waals surface area contributed by atoms with Crippen molar-refractivity contribution in [2.45, 2.75) is 19.8 Å². The Balaban J connectivity index is 2.13. The van der Waals surface area contributed by atoms with Crippen molar-refractivity contribution in [3.8, 4) is 0 Å². The van der Waals surface area contributed by atoms with E-state index >= 15 is 0 Å². The predicted octanol–water partition coefficient (Wildman–Crippen LogP) is 1.85. The van der Waals surface area contributed by atoms with Gasteiger partial charge in [-0.1, -0.05) is 12.1 Å². The summed E-state index contributed by atoms with van der Waals surface area (Å²) in [6.45, 7) is 3.44. The monoisotopic (exact) mass is 333 g/mol. The van der Waals surface area contributed by atoms with Crippen LogP contribution in [0.1, 0.15) is 30.1 Å². The minimum Gasteiger partial charge on any atom is -0.453 e. The Bertz CT molecular complexity index is 618. The lowest BCUT2D eigenvalue weighted by molar-refractivity contribution is -0.126. The van der Waals surface area contributed by atoms with Crippen molar-refractivity contribution >= 4 is 23.6 Å². The first-order valence-corrected chi connectivity index (χ1v) is 8.07. The fourth-order valence-electron chi connectivity index (χ4n) is 2.80. The molecule has 1 aliphatic heterocycles. The molecule has 1 aromatic rings. The zero-order valence-electron chi connectivity index (χ0n) is 14.0. The molecular weight excluding hydrogens is 310 g/mol. The number of nitrogens with zero attached hydrogens (tertiary/aromatic N) is 1. The number of rotatable bonds is 4. The smallest absolute Gasteiger partial charge is 0.411 e. The van der Waals surface area contributed by atoms with E-state index in [1.165, 1.54) is 7.11 Å². The zero-order chi connectivity index (χ0) is 17.5. The van der Waals surface area contributed by atoms with Crippen LogP contribution in [-0.4, -0.2) is 49.6 Å². The van der Waals surface area contributed by atoms with E-state index in [-0.39, 0.29) is 17.7 Å². The lowest BCUT2D eigenvalue weighted by Gasteiger charge is -2.32. The second-order valence-corrected chi connectivity index (χ2v) is 5.65. The van der Waals surface area contributed by atoms with Gasteiger partial charge in [0.25, 0.3) is 5.91 Å². The maximum atomic E-state index is 12.8. The minimum absolute atomic E-state index is 0.0176. The van der Waals surface area contributed by atoms with Gasteiger partial charge in [0.2, 0.25) is 5.91 Å². The molecule has 24 heavy (non-hydrogen) atoms. The van der Waals surface area contributed by atoms with Gasteiger partial charge < -0.3 is 15.0 Å². The summed E-state index contributed by atoms with van der Waals surface area (Å²) in [5.41, 5.74) is 0.786. The molecule has 0 aromatic heterocycles. The number of methoxy groups -OCH3 is 1. The highest BCUT2D eigenvalue weighted by Crippen LogP contribution is 2.22. The fraction of sp³-hybridized carbons (Fsp3) is 0.471. The molecule has 1 aliphatic rings. The average Bonchev–Trinajstić information content (AvgIpc) is 2.61. The van der Waals surface area contributed by atoms with Crippen LogP contribution >= 0.6 is 0 Å². The summed E-state index contributed by atoms with van der Waals surface area (Å²) in [4.78, 5) is 38.0. The number of piperidine rings is 1. The van der Waals surface area contributed by atoms with Gasteiger partial charge in [-0.2, -0.15) is 0 Å². The molecule has 0 spiro atoms. The Hall–Kier alpha value is -2.57. The lowest BCUT2D eigenvalue weighted by atomic mass is 9.96. The molecule has 0 aliphatic carbocycles. The molecular formula is C17H23N3O4. The van der Waals surface area contributed by atoms with Crippen LogP contribution in [0.4, 0.5) is 10.5 Å². The number of hydrogen-bond acceptors (Lipinski definition) is 4. The van der Waals surface area contributed by atoms with Gasteiger partial charge in [0.15, 0.2) is 0 Å². The number of para-hydroxylation sites is 1. The number of carbonyl (C=O) groups excluding carboxylic acids is 3. The van der Waals surface area contributed by atoms with Crippen LogP contribution in [0.25, 0.3) is 0 Å². The van der Waals surface area contributed by atoms with Gasteiger partial charge in [-0.25, -0.2) is 4.79 Å². The van der Waals surface area contributed by atoms with Gasteiger partial charge in [-0.3, -0.25) is 14.9 Å². The van der Waals surface area contributed by atoms with Gasteiger partial charge in [0, 0.05) is 19.6 Å². The summed E-state index contributed by atoms with van der Waals surface area (Å²) >= 11 is 0. The van der Waals surface area contributed by atoms with E-state index < -0.39 is 6.09 Å². The van der Waals surface area contributed by atoms with Crippen molar-refractivity contribution in [2.24, 2.45) is 5.92 Å². The van der Waals surface area contributed by atoms with Gasteiger partial charge in [0.1, 0.15) is 0 Å². The van der Waals surface area contributed by atoms with Crippen molar-refractivity contribution in [1.82, 2.24) is 10.2 Å². The van der Waals surface area contributed by atoms with Crippen molar-refractivity contribution in [2.75, 3.05) is 32.1 Å². The van der Waals surface area contributed by atoms with Crippen LogP contribution in [0.15, 0.2) is 24.3 Å². The van der Waals surface area contributed by atoms with Crippen LogP contribution in [-0.2, 0) is 9.53 Å². The van der Waals surface area contributed by atoms with Crippen molar-refractivity contribution in [3.05, 3.63) is 29.8 Å². The highest BCUT2D eigenvalue weighted by Gasteiger charge is 2.29. The van der Waals surface area contributed by atoms with E-state index in [4.69, 9.17) is 0 Å². The fourth-order valence-corrected chi connectivity index (χ4v) is 2.80. The highest BCUT2D eigenvalue weighted by molar-refractivity contribution is 6.02. The Morgan fingerprint density at radius 1 is 1.29 bits per heavy atom. The average molecular weight is 333 g/mol. The molecule has 1 saturated heterocycles. The number of nitrogens with one attached hydrogen (secondary N) is 2. The van der Waals surface area contributed by atoms with Gasteiger partial charge >= 0.3 is 6.09 Å². The Kier molecular flexibility index (Phi) is 6.17. The number of anilines is 1. The highest BCUT2D eigenvalue weighted by atomic mass is 16.5. The number of likely N-dealkylation sites (tertiary alicyclic amines) is 1. The molecule has 7 nitrogen and oxygen atoms in total. The van der Waals surface area contributed by atoms with Crippen LogP contribution in [0.3, 0.4) is 0 Å². The van der Waals surface area contributed by atoms with Gasteiger partial charge in [-0.15, -0.1) is 0 Å². The summed E-state index contributed by atoms with van der Waals surface area (Å²) in [5.74, 6) is -0.407. The third-order valence-corrected chi connectivity index (χ3v) is 4.01. The summed E-state index contributed by atoms with van der Waals surface area (Å²) in [7, 11) is 1.27. The molecule has 2 rings (SSSR count). The maximum absolute atomic E-state index is 12.8. The first-order valence-electron chi connectivity index (χ1n) is 8.07. The molecule has 130 valence electrons. The quantitative estimate of drug-likeness (QED) is 0.880. The molecule has 0 radical (unpaired) electrons. The Morgan fingerprint density at radius 3 is 2.75 bits per heavy atom. The number of amides is 3. The summed E-state index contributed by atoms with van der Waals surface area (Å²) in [5, 5.41) is 5.36. The summed E-state index contributed by atoms with van der Waals surface area (Å²) in [6.07, 6.45) is 0.923. The first-order chi connectivity index (χ1) is 11.6. The molecule has 2 N–H and O–H groups in total. The second-order valence-electron chi connectivity index (χ2n) is 5.65. The maximum Gasteiger partial charge on any atom is 0.411 e. The number of carbonyl (C=O) groups is 3. The topological polar surface area (TPSA) is 87.7 Å². The van der Waals surface area contributed by atoms with Crippen molar-refractivity contribution < 1.29 is 19.1 Å². The predicted molar refractivity (Wildman–Crippen MR) is 89.8 cm³/mol. The van der Waals surface area contributed by atoms with Gasteiger partial charge in [-0.05, 0) is 31.9 Å². The number of benzene rings is 1.